The second kappa shape index (κ2) is 8.54. The second-order valence-corrected chi connectivity index (χ2v) is 5.54. The predicted molar refractivity (Wildman–Crippen MR) is 85.6 cm³/mol. The number of nitrogens with zero attached hydrogens (tertiary/aromatic N) is 2. The summed E-state index contributed by atoms with van der Waals surface area (Å²) in [6.07, 6.45) is 5.38. The summed E-state index contributed by atoms with van der Waals surface area (Å²) in [4.78, 5) is 0. The molecular formula is C15H26BrN3. The Labute approximate surface area is 125 Å². The minimum absolute atomic E-state index is 0.929. The number of aromatic nitrogens is 2. The van der Waals surface area contributed by atoms with Gasteiger partial charge in [0.05, 0.1) is 15.9 Å². The maximum Gasteiger partial charge on any atom is 0.0766 e. The molecule has 0 spiro atoms. The minimum atomic E-state index is 0.929. The van der Waals surface area contributed by atoms with Crippen LogP contribution in [0.25, 0.3) is 0 Å². The molecule has 0 unspecified atom stereocenters. The van der Waals surface area contributed by atoms with Crippen LogP contribution in [0.3, 0.4) is 0 Å². The van der Waals surface area contributed by atoms with Crippen molar-refractivity contribution in [2.75, 3.05) is 13.1 Å². The average Bonchev–Trinajstić information content (AvgIpc) is 2.71. The van der Waals surface area contributed by atoms with E-state index in [1.165, 1.54) is 15.7 Å². The lowest BCUT2D eigenvalue weighted by atomic mass is 10.1. The normalized spacial score (nSPS) is 12.2. The van der Waals surface area contributed by atoms with E-state index in [9.17, 15) is 0 Å². The third kappa shape index (κ3) is 4.77. The summed E-state index contributed by atoms with van der Waals surface area (Å²) >= 11 is 3.70. The summed E-state index contributed by atoms with van der Waals surface area (Å²) in [5, 5.41) is 7.98. The number of halogens is 1. The Hall–Kier alpha value is -0.610. The molecule has 3 nitrogen and oxygen atoms in total. The first-order chi connectivity index (χ1) is 9.13. The maximum absolute atomic E-state index is 4.64. The van der Waals surface area contributed by atoms with Crippen LogP contribution in [-0.2, 0) is 19.4 Å². The van der Waals surface area contributed by atoms with Crippen LogP contribution in [0.2, 0.25) is 0 Å². The number of aryl methyl sites for hydroxylation is 2. The van der Waals surface area contributed by atoms with Gasteiger partial charge in [-0.1, -0.05) is 25.5 Å². The number of hydrogen-bond acceptors (Lipinski definition) is 2. The van der Waals surface area contributed by atoms with E-state index in [0.717, 1.165) is 44.6 Å². The Bertz CT molecular complexity index is 421. The smallest absolute Gasteiger partial charge is 0.0766 e. The first kappa shape index (κ1) is 16.4. The highest BCUT2D eigenvalue weighted by molar-refractivity contribution is 9.10. The fraction of sp³-hybridized carbons (Fsp3) is 0.667. The van der Waals surface area contributed by atoms with Gasteiger partial charge in [-0.3, -0.25) is 4.68 Å². The van der Waals surface area contributed by atoms with Crippen LogP contribution in [0.5, 0.6) is 0 Å². The number of nitrogens with one attached hydrogen (secondary N) is 1. The van der Waals surface area contributed by atoms with E-state index in [4.69, 9.17) is 0 Å². The van der Waals surface area contributed by atoms with Gasteiger partial charge in [0.15, 0.2) is 0 Å². The molecule has 1 aromatic heterocycles. The van der Waals surface area contributed by atoms with E-state index in [-0.39, 0.29) is 0 Å². The van der Waals surface area contributed by atoms with Crippen molar-refractivity contribution in [3.63, 3.8) is 0 Å². The van der Waals surface area contributed by atoms with Crippen molar-refractivity contribution in [3.8, 4) is 0 Å². The van der Waals surface area contributed by atoms with E-state index >= 15 is 0 Å². The van der Waals surface area contributed by atoms with Crippen molar-refractivity contribution in [1.82, 2.24) is 15.1 Å². The molecule has 108 valence electrons. The van der Waals surface area contributed by atoms with Crippen LogP contribution in [0.4, 0.5) is 0 Å². The Morgan fingerprint density at radius 2 is 2.11 bits per heavy atom. The second-order valence-electron chi connectivity index (χ2n) is 4.75. The van der Waals surface area contributed by atoms with Crippen molar-refractivity contribution in [1.29, 1.82) is 0 Å². The van der Waals surface area contributed by atoms with Crippen LogP contribution in [-0.4, -0.2) is 22.9 Å². The van der Waals surface area contributed by atoms with Crippen LogP contribution >= 0.6 is 15.9 Å². The summed E-state index contributed by atoms with van der Waals surface area (Å²) in [6.45, 7) is 11.7. The van der Waals surface area contributed by atoms with Crippen molar-refractivity contribution in [3.05, 3.63) is 27.5 Å². The van der Waals surface area contributed by atoms with Crippen LogP contribution in [0.1, 0.15) is 45.5 Å². The van der Waals surface area contributed by atoms with Crippen molar-refractivity contribution in [2.24, 2.45) is 0 Å². The molecule has 1 aromatic rings. The predicted octanol–water partition coefficient (Wildman–Crippen LogP) is 3.72. The minimum Gasteiger partial charge on any atom is -0.317 e. The number of hydrogen-bond donors (Lipinski definition) is 1. The zero-order chi connectivity index (χ0) is 14.3. The van der Waals surface area contributed by atoms with Gasteiger partial charge in [-0.15, -0.1) is 0 Å². The van der Waals surface area contributed by atoms with E-state index in [1.807, 2.05) is 0 Å². The molecule has 1 N–H and O–H groups in total. The van der Waals surface area contributed by atoms with E-state index < -0.39 is 0 Å². The zero-order valence-electron chi connectivity index (χ0n) is 12.6. The van der Waals surface area contributed by atoms with Gasteiger partial charge in [-0.2, -0.15) is 5.10 Å². The molecule has 1 rings (SSSR count). The van der Waals surface area contributed by atoms with Gasteiger partial charge in [0.25, 0.3) is 0 Å². The third-order valence-electron chi connectivity index (χ3n) is 3.20. The molecule has 1 heterocycles. The quantitative estimate of drug-likeness (QED) is 0.582. The van der Waals surface area contributed by atoms with E-state index in [0.29, 0.717) is 0 Å². The van der Waals surface area contributed by atoms with Gasteiger partial charge in [0.2, 0.25) is 0 Å². The average molecular weight is 328 g/mol. The maximum atomic E-state index is 4.64. The molecule has 0 atom stereocenters. The zero-order valence-corrected chi connectivity index (χ0v) is 14.2. The Morgan fingerprint density at radius 1 is 1.37 bits per heavy atom. The summed E-state index contributed by atoms with van der Waals surface area (Å²) < 4.78 is 3.31. The molecule has 0 amide bonds. The number of rotatable bonds is 8. The van der Waals surface area contributed by atoms with Crippen LogP contribution in [0, 0.1) is 0 Å². The lowest BCUT2D eigenvalue weighted by Gasteiger charge is -2.06. The highest BCUT2D eigenvalue weighted by Crippen LogP contribution is 2.24. The van der Waals surface area contributed by atoms with Crippen molar-refractivity contribution < 1.29 is 0 Å². The molecule has 0 aliphatic rings. The Balaban J connectivity index is 2.72. The van der Waals surface area contributed by atoms with Gasteiger partial charge in [-0.05, 0) is 55.7 Å². The standard InChI is InChI=1S/C15H26BrN3/c1-5-13-15(16)14(19(7-3)18-13)11-12(4)9-8-10-17-6-2/h9,17H,5-8,10-11H2,1-4H3. The molecule has 0 saturated heterocycles. The SMILES string of the molecule is CCNCCC=C(C)Cc1c(Br)c(CC)nn1CC. The van der Waals surface area contributed by atoms with E-state index in [1.54, 1.807) is 0 Å². The van der Waals surface area contributed by atoms with Crippen molar-refractivity contribution >= 4 is 15.9 Å². The third-order valence-corrected chi connectivity index (χ3v) is 4.12. The first-order valence-corrected chi connectivity index (χ1v) is 8.03. The fourth-order valence-electron chi connectivity index (χ4n) is 2.12. The summed E-state index contributed by atoms with van der Waals surface area (Å²) in [5.74, 6) is 0. The highest BCUT2D eigenvalue weighted by Gasteiger charge is 2.13. The molecule has 0 aromatic carbocycles. The van der Waals surface area contributed by atoms with Gasteiger partial charge in [0, 0.05) is 13.0 Å². The summed E-state index contributed by atoms with van der Waals surface area (Å²) in [5.41, 5.74) is 3.88. The molecule has 0 aliphatic heterocycles. The summed E-state index contributed by atoms with van der Waals surface area (Å²) in [7, 11) is 0. The Kier molecular flexibility index (Phi) is 7.39. The molecule has 19 heavy (non-hydrogen) atoms. The van der Waals surface area contributed by atoms with Gasteiger partial charge in [0.1, 0.15) is 0 Å². The van der Waals surface area contributed by atoms with Crippen molar-refractivity contribution in [2.45, 2.75) is 53.5 Å². The lowest BCUT2D eigenvalue weighted by Crippen LogP contribution is -2.13. The van der Waals surface area contributed by atoms with E-state index in [2.05, 4.69) is 64.8 Å². The monoisotopic (exact) mass is 327 g/mol. The fourth-order valence-corrected chi connectivity index (χ4v) is 2.82. The molecular weight excluding hydrogens is 302 g/mol. The topological polar surface area (TPSA) is 29.9 Å². The highest BCUT2D eigenvalue weighted by atomic mass is 79.9. The van der Waals surface area contributed by atoms with Gasteiger partial charge < -0.3 is 5.32 Å². The van der Waals surface area contributed by atoms with Gasteiger partial charge in [-0.25, -0.2) is 0 Å². The molecule has 0 saturated carbocycles. The molecule has 0 bridgehead atoms. The van der Waals surface area contributed by atoms with Crippen LogP contribution in [0.15, 0.2) is 16.1 Å². The first-order valence-electron chi connectivity index (χ1n) is 7.24. The molecule has 0 aliphatic carbocycles. The van der Waals surface area contributed by atoms with Gasteiger partial charge >= 0.3 is 0 Å². The number of allylic oxidation sites excluding steroid dienone is 1. The largest absolute Gasteiger partial charge is 0.317 e. The summed E-state index contributed by atoms with van der Waals surface area (Å²) in [6, 6.07) is 0. The Morgan fingerprint density at radius 3 is 2.68 bits per heavy atom. The molecule has 0 fully saturated rings. The van der Waals surface area contributed by atoms with Crippen LogP contribution < -0.4 is 5.32 Å². The molecule has 4 heteroatoms. The molecule has 0 radical (unpaired) electrons. The lowest BCUT2D eigenvalue weighted by molar-refractivity contribution is 0.619.